The van der Waals surface area contributed by atoms with Crippen LogP contribution < -0.4 is 0 Å². The maximum absolute atomic E-state index is 13.1. The zero-order valence-corrected chi connectivity index (χ0v) is 18.8. The normalized spacial score (nSPS) is 30.0. The quantitative estimate of drug-likeness (QED) is 0.419. The molecule has 0 saturated carbocycles. The Morgan fingerprint density at radius 2 is 1.62 bits per heavy atom. The number of halogens is 3. The largest absolute Gasteiger partial charge is 0.523 e. The summed E-state index contributed by atoms with van der Waals surface area (Å²) in [5, 5.41) is 0. The second-order valence-corrected chi connectivity index (χ2v) is 9.24. The lowest BCUT2D eigenvalue weighted by Gasteiger charge is -2.48. The third-order valence-corrected chi connectivity index (χ3v) is 6.44. The van der Waals surface area contributed by atoms with E-state index in [1.165, 1.54) is 0 Å². The minimum Gasteiger partial charge on any atom is -0.368 e. The number of rotatable bonds is 7. The van der Waals surface area contributed by atoms with E-state index in [1.54, 1.807) is 60.7 Å². The van der Waals surface area contributed by atoms with Crippen molar-refractivity contribution in [2.75, 3.05) is 13.7 Å². The van der Waals surface area contributed by atoms with Gasteiger partial charge >= 0.3 is 15.6 Å². The maximum Gasteiger partial charge on any atom is 0.523 e. The van der Waals surface area contributed by atoms with Crippen LogP contribution in [-0.4, -0.2) is 58.3 Å². The number of hydrogen-bond donors (Lipinski definition) is 0. The van der Waals surface area contributed by atoms with Crippen LogP contribution in [0.2, 0.25) is 0 Å². The Morgan fingerprint density at radius 1 is 0.971 bits per heavy atom. The SMILES string of the molecule is CO[C@H]1O[C@@H]2CO[C@@H](c3ccccc3)O[C@H]2[C@H](OCc2ccccc2)[C@H]1OS(=O)(=O)C(F)(F)F. The molecule has 2 saturated heterocycles. The Labute approximate surface area is 194 Å². The molecule has 2 aliphatic rings. The third kappa shape index (κ3) is 5.43. The van der Waals surface area contributed by atoms with Gasteiger partial charge in [0.05, 0.1) is 13.2 Å². The topological polar surface area (TPSA) is 89.5 Å². The van der Waals surface area contributed by atoms with E-state index in [0.29, 0.717) is 11.1 Å². The highest BCUT2D eigenvalue weighted by Crippen LogP contribution is 2.38. The summed E-state index contributed by atoms with van der Waals surface area (Å²) in [5.74, 6) is 0. The lowest BCUT2D eigenvalue weighted by atomic mass is 9.97. The Balaban J connectivity index is 1.64. The first-order valence-corrected chi connectivity index (χ1v) is 11.8. The summed E-state index contributed by atoms with van der Waals surface area (Å²) in [4.78, 5) is 0. The molecule has 4 rings (SSSR count). The molecular formula is C22H23F3O8S. The van der Waals surface area contributed by atoms with Gasteiger partial charge in [-0.25, -0.2) is 0 Å². The first-order chi connectivity index (χ1) is 16.2. The minimum atomic E-state index is -5.99. The zero-order valence-electron chi connectivity index (χ0n) is 18.0. The van der Waals surface area contributed by atoms with Gasteiger partial charge in [0, 0.05) is 12.7 Å². The van der Waals surface area contributed by atoms with Gasteiger partial charge in [-0.1, -0.05) is 60.7 Å². The summed E-state index contributed by atoms with van der Waals surface area (Å²) in [7, 11) is -4.83. The molecule has 6 atom stereocenters. The molecule has 186 valence electrons. The monoisotopic (exact) mass is 504 g/mol. The van der Waals surface area contributed by atoms with Crippen LogP contribution in [0.1, 0.15) is 17.4 Å². The van der Waals surface area contributed by atoms with Crippen LogP contribution in [-0.2, 0) is 44.6 Å². The predicted molar refractivity (Wildman–Crippen MR) is 111 cm³/mol. The first-order valence-electron chi connectivity index (χ1n) is 10.3. The van der Waals surface area contributed by atoms with E-state index >= 15 is 0 Å². The van der Waals surface area contributed by atoms with Gasteiger partial charge in [-0.2, -0.15) is 21.6 Å². The highest BCUT2D eigenvalue weighted by atomic mass is 32.2. The molecule has 2 heterocycles. The van der Waals surface area contributed by atoms with Gasteiger partial charge in [-0.15, -0.1) is 0 Å². The van der Waals surface area contributed by atoms with Gasteiger partial charge in [0.2, 0.25) is 0 Å². The fraction of sp³-hybridized carbons (Fsp3) is 0.455. The molecule has 0 aliphatic carbocycles. The number of ether oxygens (including phenoxy) is 5. The summed E-state index contributed by atoms with van der Waals surface area (Å²) in [6.07, 6.45) is -7.26. The van der Waals surface area contributed by atoms with Crippen molar-refractivity contribution in [3.05, 3.63) is 71.8 Å². The summed E-state index contributed by atoms with van der Waals surface area (Å²) in [6, 6.07) is 17.7. The van der Waals surface area contributed by atoms with Crippen LogP contribution in [0.25, 0.3) is 0 Å². The number of alkyl halides is 3. The molecule has 0 N–H and O–H groups in total. The number of hydrogen-bond acceptors (Lipinski definition) is 8. The zero-order chi connectivity index (χ0) is 24.3. The summed E-state index contributed by atoms with van der Waals surface area (Å²) >= 11 is 0. The summed E-state index contributed by atoms with van der Waals surface area (Å²) < 4.78 is 96.2. The predicted octanol–water partition coefficient (Wildman–Crippen LogP) is 3.29. The molecular weight excluding hydrogens is 481 g/mol. The molecule has 2 aliphatic heterocycles. The van der Waals surface area contributed by atoms with Gasteiger partial charge in [0.1, 0.15) is 18.3 Å². The van der Waals surface area contributed by atoms with Crippen molar-refractivity contribution >= 4 is 10.1 Å². The smallest absolute Gasteiger partial charge is 0.368 e. The van der Waals surface area contributed by atoms with Crippen molar-refractivity contribution in [3.8, 4) is 0 Å². The van der Waals surface area contributed by atoms with Crippen molar-refractivity contribution in [1.82, 2.24) is 0 Å². The molecule has 2 fully saturated rings. The highest BCUT2D eigenvalue weighted by molar-refractivity contribution is 7.87. The van der Waals surface area contributed by atoms with E-state index in [9.17, 15) is 21.6 Å². The van der Waals surface area contributed by atoms with E-state index in [-0.39, 0.29) is 13.2 Å². The Morgan fingerprint density at radius 3 is 2.24 bits per heavy atom. The molecule has 0 spiro atoms. The fourth-order valence-electron chi connectivity index (χ4n) is 3.78. The molecule has 0 unspecified atom stereocenters. The molecule has 2 aromatic rings. The van der Waals surface area contributed by atoms with Crippen LogP contribution >= 0.6 is 0 Å². The maximum atomic E-state index is 13.1. The number of benzene rings is 2. The molecule has 0 aromatic heterocycles. The molecule has 0 bridgehead atoms. The van der Waals surface area contributed by atoms with Gasteiger partial charge in [-0.3, -0.25) is 4.18 Å². The average Bonchev–Trinajstić information content (AvgIpc) is 2.83. The fourth-order valence-corrected chi connectivity index (χ4v) is 4.38. The highest BCUT2D eigenvalue weighted by Gasteiger charge is 2.57. The molecule has 34 heavy (non-hydrogen) atoms. The van der Waals surface area contributed by atoms with E-state index in [2.05, 4.69) is 4.18 Å². The second-order valence-electron chi connectivity index (χ2n) is 7.68. The average molecular weight is 504 g/mol. The van der Waals surface area contributed by atoms with Crippen molar-refractivity contribution in [3.63, 3.8) is 0 Å². The van der Waals surface area contributed by atoms with Crippen molar-refractivity contribution < 1.29 is 49.5 Å². The van der Waals surface area contributed by atoms with E-state index in [4.69, 9.17) is 23.7 Å². The third-order valence-electron chi connectivity index (χ3n) is 5.39. The molecule has 0 radical (unpaired) electrons. The Bertz CT molecular complexity index is 1040. The second kappa shape index (κ2) is 10.3. The lowest BCUT2D eigenvalue weighted by Crippen LogP contribution is -2.64. The van der Waals surface area contributed by atoms with Gasteiger partial charge in [0.25, 0.3) is 0 Å². The lowest BCUT2D eigenvalue weighted by molar-refractivity contribution is -0.360. The van der Waals surface area contributed by atoms with Crippen LogP contribution in [0.15, 0.2) is 60.7 Å². The van der Waals surface area contributed by atoms with Crippen LogP contribution in [0.3, 0.4) is 0 Å². The van der Waals surface area contributed by atoms with E-state index in [0.717, 1.165) is 7.11 Å². The van der Waals surface area contributed by atoms with E-state index in [1.807, 2.05) is 0 Å². The number of fused-ring (bicyclic) bond motifs is 1. The summed E-state index contributed by atoms with van der Waals surface area (Å²) in [6.45, 7) is -0.0364. The van der Waals surface area contributed by atoms with Crippen LogP contribution in [0.4, 0.5) is 13.2 Å². The number of methoxy groups -OCH3 is 1. The molecule has 12 heteroatoms. The minimum absolute atomic E-state index is 0.00796. The van der Waals surface area contributed by atoms with Gasteiger partial charge in [-0.05, 0) is 5.56 Å². The van der Waals surface area contributed by atoms with Gasteiger partial charge < -0.3 is 23.7 Å². The van der Waals surface area contributed by atoms with Crippen LogP contribution in [0.5, 0.6) is 0 Å². The molecule has 8 nitrogen and oxygen atoms in total. The Hall–Kier alpha value is -2.06. The van der Waals surface area contributed by atoms with E-state index < -0.39 is 52.6 Å². The molecule has 2 aromatic carbocycles. The van der Waals surface area contributed by atoms with Crippen LogP contribution in [0, 0.1) is 0 Å². The standard InChI is InChI=1S/C22H23F3O8S/c1-28-21-19(33-34(26,27)22(23,24)25)18(29-12-14-8-4-2-5-9-14)17-16(31-21)13-30-20(32-17)15-10-6-3-7-11-15/h2-11,16-21H,12-13H2,1H3/t16-,17-,18+,19-,20-,21+/m1/s1. The van der Waals surface area contributed by atoms with Crippen molar-refractivity contribution in [1.29, 1.82) is 0 Å². The van der Waals surface area contributed by atoms with Crippen molar-refractivity contribution in [2.24, 2.45) is 0 Å². The summed E-state index contributed by atoms with van der Waals surface area (Å²) in [5.41, 5.74) is -4.27. The first kappa shape index (κ1) is 25.0. The van der Waals surface area contributed by atoms with Crippen molar-refractivity contribution in [2.45, 2.75) is 49.1 Å². The molecule has 0 amide bonds. The Kier molecular flexibility index (Phi) is 7.57. The van der Waals surface area contributed by atoms with Gasteiger partial charge in [0.15, 0.2) is 18.7 Å².